The third-order valence-corrected chi connectivity index (χ3v) is 2.56. The van der Waals surface area contributed by atoms with Gasteiger partial charge in [-0.3, -0.25) is 0 Å². The van der Waals surface area contributed by atoms with E-state index in [2.05, 4.69) is 15.0 Å². The zero-order valence-electron chi connectivity index (χ0n) is 8.39. The second-order valence-electron chi connectivity index (χ2n) is 3.35. The van der Waals surface area contributed by atoms with Crippen LogP contribution in [0.5, 0.6) is 0 Å². The predicted octanol–water partition coefficient (Wildman–Crippen LogP) is 3.59. The lowest BCUT2D eigenvalue weighted by atomic mass is 10.2. The van der Waals surface area contributed by atoms with E-state index >= 15 is 0 Å². The predicted molar refractivity (Wildman–Crippen MR) is 65.1 cm³/mol. The Morgan fingerprint density at radius 3 is 2.35 bits per heavy atom. The number of furan rings is 1. The van der Waals surface area contributed by atoms with Gasteiger partial charge in [0.15, 0.2) is 5.76 Å². The minimum absolute atomic E-state index is 0.0421. The first kappa shape index (κ1) is 10.5. The van der Waals surface area contributed by atoms with Crippen molar-refractivity contribution in [3.8, 4) is 11.6 Å². The van der Waals surface area contributed by atoms with E-state index < -0.39 is 0 Å². The average Bonchev–Trinajstić information content (AvgIpc) is 2.71. The molecule has 1 aromatic carbocycles. The summed E-state index contributed by atoms with van der Waals surface area (Å²) in [6.45, 7) is 0. The molecule has 0 fully saturated rings. The molecule has 0 aliphatic rings. The van der Waals surface area contributed by atoms with Crippen LogP contribution in [0.3, 0.4) is 0 Å². The molecule has 84 valence electrons. The van der Waals surface area contributed by atoms with Gasteiger partial charge >= 0.3 is 0 Å². The number of para-hydroxylation sites is 1. The van der Waals surface area contributed by atoms with Gasteiger partial charge < -0.3 is 4.42 Å². The van der Waals surface area contributed by atoms with Crippen molar-refractivity contribution < 1.29 is 4.42 Å². The SMILES string of the molecule is Clc1nc(Cl)nc(-c2cc3ccccc3o2)n1. The molecule has 2 heterocycles. The van der Waals surface area contributed by atoms with Crippen molar-refractivity contribution in [1.29, 1.82) is 0 Å². The molecule has 2 aromatic heterocycles. The number of nitrogens with zero attached hydrogens (tertiary/aromatic N) is 3. The first-order valence-electron chi connectivity index (χ1n) is 4.78. The van der Waals surface area contributed by atoms with Crippen molar-refractivity contribution >= 4 is 34.2 Å². The van der Waals surface area contributed by atoms with Crippen molar-refractivity contribution in [1.82, 2.24) is 15.0 Å². The summed E-state index contributed by atoms with van der Waals surface area (Å²) in [6.07, 6.45) is 0. The van der Waals surface area contributed by atoms with E-state index in [-0.39, 0.29) is 10.6 Å². The summed E-state index contributed by atoms with van der Waals surface area (Å²) in [6, 6.07) is 9.45. The van der Waals surface area contributed by atoms with E-state index in [0.717, 1.165) is 11.0 Å². The maximum absolute atomic E-state index is 5.71. The molecule has 0 saturated heterocycles. The lowest BCUT2D eigenvalue weighted by Gasteiger charge is -1.95. The number of aromatic nitrogens is 3. The standard InChI is InChI=1S/C11H5Cl2N3O/c12-10-14-9(15-11(13)16-10)8-5-6-3-1-2-4-7(6)17-8/h1-5H. The Bertz CT molecular complexity index is 643. The van der Waals surface area contributed by atoms with E-state index in [1.165, 1.54) is 0 Å². The van der Waals surface area contributed by atoms with E-state index in [9.17, 15) is 0 Å². The molecule has 6 heteroatoms. The summed E-state index contributed by atoms with van der Waals surface area (Å²) < 4.78 is 5.59. The van der Waals surface area contributed by atoms with Crippen LogP contribution in [0.1, 0.15) is 0 Å². The molecule has 0 aliphatic heterocycles. The van der Waals surface area contributed by atoms with Crippen LogP contribution in [0, 0.1) is 0 Å². The molecule has 3 aromatic rings. The van der Waals surface area contributed by atoms with Crippen LogP contribution >= 0.6 is 23.2 Å². The Labute approximate surface area is 106 Å². The molecule has 0 atom stereocenters. The smallest absolute Gasteiger partial charge is 0.227 e. The Morgan fingerprint density at radius 1 is 0.941 bits per heavy atom. The number of rotatable bonds is 1. The van der Waals surface area contributed by atoms with Crippen molar-refractivity contribution in [3.63, 3.8) is 0 Å². The Morgan fingerprint density at radius 2 is 1.65 bits per heavy atom. The van der Waals surface area contributed by atoms with Gasteiger partial charge in [0.05, 0.1) is 0 Å². The molecule has 3 rings (SSSR count). The second kappa shape index (κ2) is 3.98. The molecule has 0 N–H and O–H groups in total. The monoisotopic (exact) mass is 265 g/mol. The highest BCUT2D eigenvalue weighted by molar-refractivity contribution is 6.31. The van der Waals surface area contributed by atoms with Gasteiger partial charge in [-0.25, -0.2) is 0 Å². The van der Waals surface area contributed by atoms with E-state index in [1.807, 2.05) is 30.3 Å². The van der Waals surface area contributed by atoms with Crippen LogP contribution in [0.2, 0.25) is 10.6 Å². The van der Waals surface area contributed by atoms with Crippen LogP contribution in [0.4, 0.5) is 0 Å². The van der Waals surface area contributed by atoms with E-state index in [0.29, 0.717) is 11.6 Å². The quantitative estimate of drug-likeness (QED) is 0.675. The fourth-order valence-electron chi connectivity index (χ4n) is 1.53. The fourth-order valence-corrected chi connectivity index (χ4v) is 1.89. The van der Waals surface area contributed by atoms with Crippen LogP contribution in [-0.4, -0.2) is 15.0 Å². The minimum Gasteiger partial charge on any atom is -0.453 e. The van der Waals surface area contributed by atoms with Gasteiger partial charge in [0.1, 0.15) is 5.58 Å². The third kappa shape index (κ3) is 1.97. The number of hydrogen-bond donors (Lipinski definition) is 0. The summed E-state index contributed by atoms with van der Waals surface area (Å²) in [5.41, 5.74) is 0.759. The number of halogens is 2. The zero-order valence-corrected chi connectivity index (χ0v) is 9.90. The summed E-state index contributed by atoms with van der Waals surface area (Å²) in [5, 5.41) is 1.05. The van der Waals surface area contributed by atoms with Crippen LogP contribution < -0.4 is 0 Å². The van der Waals surface area contributed by atoms with Gasteiger partial charge in [0, 0.05) is 5.39 Å². The van der Waals surface area contributed by atoms with Crippen LogP contribution in [0.25, 0.3) is 22.6 Å². The van der Waals surface area contributed by atoms with Gasteiger partial charge in [0.25, 0.3) is 0 Å². The van der Waals surface area contributed by atoms with Gasteiger partial charge in [-0.1, -0.05) is 18.2 Å². The first-order valence-corrected chi connectivity index (χ1v) is 5.54. The lowest BCUT2D eigenvalue weighted by Crippen LogP contribution is -1.92. The highest BCUT2D eigenvalue weighted by atomic mass is 35.5. The maximum atomic E-state index is 5.71. The molecule has 0 bridgehead atoms. The van der Waals surface area contributed by atoms with Crippen molar-refractivity contribution in [2.45, 2.75) is 0 Å². The molecule has 4 nitrogen and oxygen atoms in total. The second-order valence-corrected chi connectivity index (χ2v) is 4.02. The fraction of sp³-hybridized carbons (Fsp3) is 0. The molecule has 0 saturated carbocycles. The minimum atomic E-state index is 0.0421. The maximum Gasteiger partial charge on any atom is 0.227 e. The van der Waals surface area contributed by atoms with E-state index in [4.69, 9.17) is 27.6 Å². The first-order chi connectivity index (χ1) is 8.22. The van der Waals surface area contributed by atoms with Crippen molar-refractivity contribution in [3.05, 3.63) is 40.9 Å². The van der Waals surface area contributed by atoms with Crippen molar-refractivity contribution in [2.24, 2.45) is 0 Å². The van der Waals surface area contributed by atoms with Gasteiger partial charge in [-0.2, -0.15) is 15.0 Å². The normalized spacial score (nSPS) is 10.9. The molecule has 0 amide bonds. The third-order valence-electron chi connectivity index (χ3n) is 2.23. The summed E-state index contributed by atoms with van der Waals surface area (Å²) >= 11 is 11.4. The number of hydrogen-bond acceptors (Lipinski definition) is 4. The molecule has 0 unspecified atom stereocenters. The molecular formula is C11H5Cl2N3O. The number of fused-ring (bicyclic) bond motifs is 1. The molecule has 0 aliphatic carbocycles. The van der Waals surface area contributed by atoms with Gasteiger partial charge in [-0.15, -0.1) is 0 Å². The molecule has 0 spiro atoms. The Balaban J connectivity index is 2.20. The zero-order chi connectivity index (χ0) is 11.8. The summed E-state index contributed by atoms with van der Waals surface area (Å²) in [5.74, 6) is 0.837. The van der Waals surface area contributed by atoms with Crippen LogP contribution in [0.15, 0.2) is 34.7 Å². The largest absolute Gasteiger partial charge is 0.453 e. The van der Waals surface area contributed by atoms with Crippen molar-refractivity contribution in [2.75, 3.05) is 0 Å². The molecule has 17 heavy (non-hydrogen) atoms. The van der Waals surface area contributed by atoms with E-state index in [1.54, 1.807) is 0 Å². The van der Waals surface area contributed by atoms with Gasteiger partial charge in [-0.05, 0) is 35.3 Å². The molecular weight excluding hydrogens is 261 g/mol. The highest BCUT2D eigenvalue weighted by Crippen LogP contribution is 2.26. The van der Waals surface area contributed by atoms with Crippen LogP contribution in [-0.2, 0) is 0 Å². The highest BCUT2D eigenvalue weighted by Gasteiger charge is 2.11. The molecule has 0 radical (unpaired) electrons. The number of benzene rings is 1. The summed E-state index contributed by atoms with van der Waals surface area (Å²) in [4.78, 5) is 11.6. The Hall–Kier alpha value is -1.65. The topological polar surface area (TPSA) is 51.8 Å². The summed E-state index contributed by atoms with van der Waals surface area (Å²) in [7, 11) is 0. The Kier molecular flexibility index (Phi) is 2.46. The lowest BCUT2D eigenvalue weighted by molar-refractivity contribution is 0.624. The van der Waals surface area contributed by atoms with Gasteiger partial charge in [0.2, 0.25) is 16.4 Å². The average molecular weight is 266 g/mol.